The fourth-order valence-electron chi connectivity index (χ4n) is 3.10. The summed E-state index contributed by atoms with van der Waals surface area (Å²) < 4.78 is 5.32. The van der Waals surface area contributed by atoms with Gasteiger partial charge in [0.2, 0.25) is 0 Å². The first-order chi connectivity index (χ1) is 11.9. The maximum atomic E-state index is 12.6. The minimum absolute atomic E-state index is 0.0912. The Hall–Kier alpha value is -3.06. The number of nitriles is 1. The van der Waals surface area contributed by atoms with Gasteiger partial charge in [0.15, 0.2) is 5.78 Å². The van der Waals surface area contributed by atoms with Crippen LogP contribution in [0.25, 0.3) is 5.70 Å². The van der Waals surface area contributed by atoms with E-state index in [-0.39, 0.29) is 11.3 Å². The van der Waals surface area contributed by atoms with Crippen LogP contribution in [-0.4, -0.2) is 18.4 Å². The predicted molar refractivity (Wildman–Crippen MR) is 97.4 cm³/mol. The fraction of sp³-hybridized carbons (Fsp3) is 0.238. The monoisotopic (exact) mass is 332 g/mol. The van der Waals surface area contributed by atoms with Crippen LogP contribution < -0.4 is 10.1 Å². The molecule has 0 amide bonds. The number of hydrogen-bond donors (Lipinski definition) is 1. The van der Waals surface area contributed by atoms with Crippen LogP contribution in [0.15, 0.2) is 48.5 Å². The number of fused-ring (bicyclic) bond motifs is 1. The third-order valence-corrected chi connectivity index (χ3v) is 4.28. The Kier molecular flexibility index (Phi) is 4.33. The van der Waals surface area contributed by atoms with E-state index in [1.165, 1.54) is 0 Å². The van der Waals surface area contributed by atoms with Crippen molar-refractivity contribution in [2.75, 3.05) is 7.11 Å². The summed E-state index contributed by atoms with van der Waals surface area (Å²) in [6.45, 7) is 4.21. The second-order valence-electron chi connectivity index (χ2n) is 6.82. The minimum atomic E-state index is -0.157. The molecule has 3 rings (SSSR count). The number of carbonyl (C=O) groups is 1. The number of allylic oxidation sites excluding steroid dienone is 1. The Bertz CT molecular complexity index is 887. The van der Waals surface area contributed by atoms with E-state index in [1.54, 1.807) is 37.5 Å². The van der Waals surface area contributed by atoms with E-state index in [9.17, 15) is 4.79 Å². The van der Waals surface area contributed by atoms with Crippen molar-refractivity contribution in [3.63, 3.8) is 0 Å². The summed E-state index contributed by atoms with van der Waals surface area (Å²) in [5, 5.41) is 12.3. The number of nitrogens with one attached hydrogen (secondary N) is 1. The van der Waals surface area contributed by atoms with Crippen LogP contribution >= 0.6 is 0 Å². The number of hydrogen-bond acceptors (Lipinski definition) is 4. The van der Waals surface area contributed by atoms with Gasteiger partial charge in [-0.1, -0.05) is 0 Å². The van der Waals surface area contributed by atoms with Gasteiger partial charge in [-0.05, 0) is 68.3 Å². The lowest BCUT2D eigenvalue weighted by Gasteiger charge is -2.35. The van der Waals surface area contributed by atoms with Crippen molar-refractivity contribution in [3.05, 3.63) is 70.8 Å². The molecule has 0 atom stereocenters. The van der Waals surface area contributed by atoms with Gasteiger partial charge >= 0.3 is 0 Å². The molecule has 0 bridgehead atoms. The van der Waals surface area contributed by atoms with Crippen molar-refractivity contribution >= 4 is 11.5 Å². The molecule has 0 aliphatic carbocycles. The van der Waals surface area contributed by atoms with Gasteiger partial charge in [0.1, 0.15) is 5.75 Å². The molecule has 4 nitrogen and oxygen atoms in total. The molecular weight excluding hydrogens is 312 g/mol. The van der Waals surface area contributed by atoms with Gasteiger partial charge in [-0.25, -0.2) is 0 Å². The van der Waals surface area contributed by atoms with Gasteiger partial charge in [0.05, 0.1) is 18.7 Å². The first-order valence-corrected chi connectivity index (χ1v) is 8.13. The molecular formula is C21H20N2O2. The molecule has 1 aliphatic rings. The Morgan fingerprint density at radius 3 is 2.60 bits per heavy atom. The zero-order valence-electron chi connectivity index (χ0n) is 14.6. The largest absolute Gasteiger partial charge is 0.497 e. The molecule has 1 aliphatic heterocycles. The van der Waals surface area contributed by atoms with Crippen molar-refractivity contribution < 1.29 is 9.53 Å². The maximum absolute atomic E-state index is 12.6. The molecule has 4 heteroatoms. The summed E-state index contributed by atoms with van der Waals surface area (Å²) in [5.74, 6) is 0.723. The number of carbonyl (C=O) groups excluding carboxylic acids is 1. The van der Waals surface area contributed by atoms with Gasteiger partial charge in [-0.2, -0.15) is 5.26 Å². The first kappa shape index (κ1) is 16.8. The summed E-state index contributed by atoms with van der Waals surface area (Å²) >= 11 is 0. The standard InChI is InChI=1S/C21H20N2O2/c1-21(2)12-16-10-17(25-3)8-9-18(16)19(23-21)11-20(24)15-6-4-14(13-22)5-7-15/h4-11,23H,12H2,1-3H3/b19-11-. The van der Waals surface area contributed by atoms with Gasteiger partial charge in [-0.3, -0.25) is 4.79 Å². The highest BCUT2D eigenvalue weighted by Crippen LogP contribution is 2.32. The highest BCUT2D eigenvalue weighted by molar-refractivity contribution is 6.08. The number of methoxy groups -OCH3 is 1. The van der Waals surface area contributed by atoms with Crippen LogP contribution in [0.4, 0.5) is 0 Å². The second kappa shape index (κ2) is 6.45. The molecule has 0 radical (unpaired) electrons. The van der Waals surface area contributed by atoms with Crippen LogP contribution in [0, 0.1) is 11.3 Å². The molecule has 2 aromatic rings. The molecule has 0 unspecified atom stereocenters. The van der Waals surface area contributed by atoms with Crippen molar-refractivity contribution in [2.24, 2.45) is 0 Å². The van der Waals surface area contributed by atoms with Crippen molar-refractivity contribution in [2.45, 2.75) is 25.8 Å². The third-order valence-electron chi connectivity index (χ3n) is 4.28. The molecule has 126 valence electrons. The highest BCUT2D eigenvalue weighted by atomic mass is 16.5. The van der Waals surface area contributed by atoms with E-state index < -0.39 is 0 Å². The third kappa shape index (κ3) is 3.56. The Morgan fingerprint density at radius 2 is 1.96 bits per heavy atom. The number of ketones is 1. The molecule has 2 aromatic carbocycles. The summed E-state index contributed by atoms with van der Waals surface area (Å²) in [6.07, 6.45) is 2.48. The lowest BCUT2D eigenvalue weighted by Crippen LogP contribution is -2.43. The van der Waals surface area contributed by atoms with Crippen molar-refractivity contribution in [1.82, 2.24) is 5.32 Å². The molecule has 25 heavy (non-hydrogen) atoms. The average Bonchev–Trinajstić information content (AvgIpc) is 2.60. The number of ether oxygens (including phenoxy) is 1. The summed E-state index contributed by atoms with van der Waals surface area (Å²) in [4.78, 5) is 12.6. The fourth-order valence-corrected chi connectivity index (χ4v) is 3.10. The predicted octanol–water partition coefficient (Wildman–Crippen LogP) is 3.71. The zero-order chi connectivity index (χ0) is 18.0. The van der Waals surface area contributed by atoms with Crippen LogP contribution in [0.2, 0.25) is 0 Å². The number of rotatable bonds is 3. The molecule has 0 aromatic heterocycles. The maximum Gasteiger partial charge on any atom is 0.187 e. The van der Waals surface area contributed by atoms with E-state index in [1.807, 2.05) is 18.2 Å². The molecule has 1 heterocycles. The average molecular weight is 332 g/mol. The van der Waals surface area contributed by atoms with E-state index >= 15 is 0 Å². The first-order valence-electron chi connectivity index (χ1n) is 8.13. The topological polar surface area (TPSA) is 62.1 Å². The van der Waals surface area contributed by atoms with Crippen LogP contribution in [0.1, 0.15) is 40.9 Å². The second-order valence-corrected chi connectivity index (χ2v) is 6.82. The minimum Gasteiger partial charge on any atom is -0.497 e. The number of nitrogens with zero attached hydrogens (tertiary/aromatic N) is 1. The van der Waals surface area contributed by atoms with Crippen molar-refractivity contribution in [1.29, 1.82) is 5.26 Å². The summed E-state index contributed by atoms with van der Waals surface area (Å²) in [7, 11) is 1.65. The lowest BCUT2D eigenvalue weighted by atomic mass is 9.85. The van der Waals surface area contributed by atoms with E-state index in [0.717, 1.165) is 29.0 Å². The van der Waals surface area contributed by atoms with Gasteiger partial charge in [0.25, 0.3) is 0 Å². The lowest BCUT2D eigenvalue weighted by molar-refractivity contribution is 0.104. The van der Waals surface area contributed by atoms with Crippen molar-refractivity contribution in [3.8, 4) is 11.8 Å². The SMILES string of the molecule is COc1ccc2c(c1)CC(C)(C)N/C2=C\C(=O)c1ccc(C#N)cc1. The van der Waals surface area contributed by atoms with Gasteiger partial charge in [-0.15, -0.1) is 0 Å². The molecule has 1 N–H and O–H groups in total. The number of benzene rings is 2. The quantitative estimate of drug-likeness (QED) is 0.687. The zero-order valence-corrected chi connectivity index (χ0v) is 14.6. The molecule has 0 fully saturated rings. The summed E-state index contributed by atoms with van der Waals surface area (Å²) in [5.41, 5.74) is 3.92. The summed E-state index contributed by atoms with van der Waals surface area (Å²) in [6, 6.07) is 14.6. The van der Waals surface area contributed by atoms with Crippen LogP contribution in [0.3, 0.4) is 0 Å². The van der Waals surface area contributed by atoms with E-state index in [2.05, 4.69) is 25.2 Å². The molecule has 0 spiro atoms. The Morgan fingerprint density at radius 1 is 1.24 bits per heavy atom. The van der Waals surface area contributed by atoms with E-state index in [4.69, 9.17) is 10.00 Å². The smallest absolute Gasteiger partial charge is 0.187 e. The Balaban J connectivity index is 1.99. The van der Waals surface area contributed by atoms with Crippen LogP contribution in [0.5, 0.6) is 5.75 Å². The van der Waals surface area contributed by atoms with Gasteiger partial charge in [0, 0.05) is 28.4 Å². The van der Waals surface area contributed by atoms with Crippen LogP contribution in [-0.2, 0) is 6.42 Å². The Labute approximate surface area is 147 Å². The van der Waals surface area contributed by atoms with E-state index in [0.29, 0.717) is 11.1 Å². The molecule has 0 saturated heterocycles. The van der Waals surface area contributed by atoms with Gasteiger partial charge < -0.3 is 10.1 Å². The highest BCUT2D eigenvalue weighted by Gasteiger charge is 2.28. The molecule has 0 saturated carbocycles. The normalized spacial score (nSPS) is 16.5.